The van der Waals surface area contributed by atoms with E-state index in [-0.39, 0.29) is 19.5 Å². The van der Waals surface area contributed by atoms with Crippen molar-refractivity contribution in [2.24, 2.45) is 0 Å². The molecule has 1 radical (unpaired) electrons. The summed E-state index contributed by atoms with van der Waals surface area (Å²) < 4.78 is 2.98. The quantitative estimate of drug-likeness (QED) is 0.527. The molecule has 2 rings (SSSR count). The van der Waals surface area contributed by atoms with Gasteiger partial charge in [-0.2, -0.15) is 5.10 Å². The molecule has 0 amide bonds. The number of rotatable bonds is 0. The molecule has 0 aromatic carbocycles. The van der Waals surface area contributed by atoms with Crippen LogP contribution in [0.3, 0.4) is 0 Å². The van der Waals surface area contributed by atoms with Crippen molar-refractivity contribution >= 4 is 28.2 Å². The van der Waals surface area contributed by atoms with Crippen molar-refractivity contribution in [2.45, 2.75) is 6.92 Å². The molecular weight excluding hydrogens is 356 g/mol. The third kappa shape index (κ3) is 1.66. The maximum Gasteiger partial charge on any atom is 0.155 e. The molecule has 0 bridgehead atoms. The summed E-state index contributed by atoms with van der Waals surface area (Å²) >= 11 is 2.28. The summed E-state index contributed by atoms with van der Waals surface area (Å²) in [5.74, 6) is 0. The van der Waals surface area contributed by atoms with E-state index in [9.17, 15) is 0 Å². The summed E-state index contributed by atoms with van der Waals surface area (Å²) in [6, 6.07) is 2.02. The summed E-state index contributed by atoms with van der Waals surface area (Å²) in [5.41, 5.74) is 2.15. The summed E-state index contributed by atoms with van der Waals surface area (Å²) in [6.07, 6.45) is 3.53. The molecule has 0 aliphatic carbocycles. The topological polar surface area (TPSA) is 30.2 Å². The van der Waals surface area contributed by atoms with Crippen LogP contribution in [0.2, 0.25) is 0 Å². The maximum absolute atomic E-state index is 4.07. The van der Waals surface area contributed by atoms with Crippen molar-refractivity contribution in [3.05, 3.63) is 27.7 Å². The smallest absolute Gasteiger partial charge is 0.155 e. The minimum absolute atomic E-state index is 0. The number of nitrogens with zero attached hydrogens (tertiary/aromatic N) is 3. The van der Waals surface area contributed by atoms with E-state index in [1.807, 2.05) is 12.3 Å². The van der Waals surface area contributed by atoms with Gasteiger partial charge in [0.2, 0.25) is 0 Å². The van der Waals surface area contributed by atoms with Crippen LogP contribution in [0.4, 0.5) is 0 Å². The van der Waals surface area contributed by atoms with Gasteiger partial charge in [0, 0.05) is 29.2 Å². The van der Waals surface area contributed by atoms with E-state index in [1.54, 1.807) is 10.8 Å². The van der Waals surface area contributed by atoms with E-state index < -0.39 is 0 Å². The van der Waals surface area contributed by atoms with Crippen LogP contribution < -0.4 is 0 Å². The molecule has 0 aliphatic heterocycles. The third-order valence-corrected chi connectivity index (χ3v) is 2.69. The summed E-state index contributed by atoms with van der Waals surface area (Å²) in [5, 5.41) is 4.02. The fourth-order valence-corrected chi connectivity index (χ4v) is 1.35. The maximum atomic E-state index is 4.07. The van der Waals surface area contributed by atoms with Crippen molar-refractivity contribution in [3.63, 3.8) is 0 Å². The number of aromatic nitrogens is 3. The summed E-state index contributed by atoms with van der Waals surface area (Å²) in [6.45, 7) is 2.07. The Hall–Kier alpha value is -0.0266. The Morgan fingerprint density at radius 3 is 3.00 bits per heavy atom. The van der Waals surface area contributed by atoms with Crippen LogP contribution in [-0.2, 0) is 19.5 Å². The van der Waals surface area contributed by atoms with Crippen LogP contribution in [0.1, 0.15) is 5.56 Å². The second kappa shape index (κ2) is 3.79. The summed E-state index contributed by atoms with van der Waals surface area (Å²) in [4.78, 5) is 4.07. The average molecular weight is 362 g/mol. The van der Waals surface area contributed by atoms with Crippen molar-refractivity contribution in [1.82, 2.24) is 14.6 Å². The first kappa shape index (κ1) is 10.1. The predicted octanol–water partition coefficient (Wildman–Crippen LogP) is 1.64. The Bertz CT molecular complexity index is 362. The second-order valence-corrected chi connectivity index (χ2v) is 3.53. The molecule has 3 nitrogen and oxygen atoms in total. The van der Waals surface area contributed by atoms with Crippen LogP contribution >= 0.6 is 22.6 Å². The van der Waals surface area contributed by atoms with Crippen LogP contribution in [0.5, 0.6) is 0 Å². The SMILES string of the molecule is Cc1cc2ncnn2cc1I.[Rh]. The normalized spacial score (nSPS) is 9.83. The van der Waals surface area contributed by atoms with Crippen molar-refractivity contribution in [3.8, 4) is 0 Å². The molecule has 0 spiro atoms. The Labute approximate surface area is 96.5 Å². The number of hydrogen-bond donors (Lipinski definition) is 0. The van der Waals surface area contributed by atoms with Crippen molar-refractivity contribution in [1.29, 1.82) is 0 Å². The van der Waals surface area contributed by atoms with E-state index >= 15 is 0 Å². The molecule has 0 N–H and O–H groups in total. The predicted molar refractivity (Wildman–Crippen MR) is 50.4 cm³/mol. The third-order valence-electron chi connectivity index (χ3n) is 1.56. The van der Waals surface area contributed by atoms with Gasteiger partial charge >= 0.3 is 0 Å². The minimum atomic E-state index is 0. The zero-order valence-electron chi connectivity index (χ0n) is 6.28. The van der Waals surface area contributed by atoms with E-state index in [0.29, 0.717) is 0 Å². The number of aryl methyl sites for hydroxylation is 1. The van der Waals surface area contributed by atoms with Gasteiger partial charge in [-0.1, -0.05) is 0 Å². The molecule has 5 heteroatoms. The van der Waals surface area contributed by atoms with Gasteiger partial charge in [0.05, 0.1) is 0 Å². The average Bonchev–Trinajstić information content (AvgIpc) is 2.36. The molecule has 0 saturated carbocycles. The van der Waals surface area contributed by atoms with Crippen molar-refractivity contribution in [2.75, 3.05) is 0 Å². The van der Waals surface area contributed by atoms with E-state index in [1.165, 1.54) is 9.13 Å². The minimum Gasteiger partial charge on any atom is -0.220 e. The van der Waals surface area contributed by atoms with Gasteiger partial charge in [0.15, 0.2) is 5.65 Å². The number of pyridine rings is 1. The molecule has 2 aromatic heterocycles. The molecular formula is C7H6IN3Rh. The molecule has 0 atom stereocenters. The molecule has 0 aliphatic rings. The zero-order chi connectivity index (χ0) is 7.84. The Morgan fingerprint density at radius 2 is 2.25 bits per heavy atom. The number of fused-ring (bicyclic) bond motifs is 1. The fourth-order valence-electron chi connectivity index (χ4n) is 0.934. The standard InChI is InChI=1S/C7H6IN3.Rh/c1-5-2-7-9-4-10-11(7)3-6(5)8;/h2-4H,1H3;. The molecule has 2 aromatic rings. The van der Waals surface area contributed by atoms with Gasteiger partial charge in [-0.05, 0) is 41.1 Å². The Morgan fingerprint density at radius 1 is 1.50 bits per heavy atom. The Kier molecular flexibility index (Phi) is 3.18. The van der Waals surface area contributed by atoms with Crippen LogP contribution in [0.25, 0.3) is 5.65 Å². The molecule has 2 heterocycles. The van der Waals surface area contributed by atoms with Crippen LogP contribution in [0.15, 0.2) is 18.6 Å². The monoisotopic (exact) mass is 362 g/mol. The first-order valence-corrected chi connectivity index (χ1v) is 4.31. The van der Waals surface area contributed by atoms with Gasteiger partial charge in [0.25, 0.3) is 0 Å². The van der Waals surface area contributed by atoms with Gasteiger partial charge in [-0.25, -0.2) is 9.50 Å². The largest absolute Gasteiger partial charge is 0.220 e. The fraction of sp³-hybridized carbons (Fsp3) is 0.143. The van der Waals surface area contributed by atoms with E-state index in [0.717, 1.165) is 5.65 Å². The van der Waals surface area contributed by atoms with Gasteiger partial charge in [0.1, 0.15) is 6.33 Å². The van der Waals surface area contributed by atoms with Gasteiger partial charge in [-0.3, -0.25) is 0 Å². The van der Waals surface area contributed by atoms with Gasteiger partial charge < -0.3 is 0 Å². The molecule has 0 fully saturated rings. The number of hydrogen-bond acceptors (Lipinski definition) is 2. The molecule has 0 saturated heterocycles. The molecule has 0 unspecified atom stereocenters. The van der Waals surface area contributed by atoms with E-state index in [2.05, 4.69) is 39.6 Å². The first-order valence-electron chi connectivity index (χ1n) is 3.23. The molecule has 65 valence electrons. The molecule has 12 heavy (non-hydrogen) atoms. The first-order chi connectivity index (χ1) is 5.27. The number of halogens is 1. The van der Waals surface area contributed by atoms with Crippen LogP contribution in [-0.4, -0.2) is 14.6 Å². The zero-order valence-corrected chi connectivity index (χ0v) is 10.1. The van der Waals surface area contributed by atoms with Gasteiger partial charge in [-0.15, -0.1) is 0 Å². The van der Waals surface area contributed by atoms with E-state index in [4.69, 9.17) is 0 Å². The second-order valence-electron chi connectivity index (χ2n) is 2.37. The summed E-state index contributed by atoms with van der Waals surface area (Å²) in [7, 11) is 0. The van der Waals surface area contributed by atoms with Crippen LogP contribution in [0, 0.1) is 10.5 Å². The Balaban J connectivity index is 0.000000720. The van der Waals surface area contributed by atoms with Crippen molar-refractivity contribution < 1.29 is 19.5 Å².